The monoisotopic (exact) mass is 252 g/mol. The molecule has 0 aliphatic carbocycles. The lowest BCUT2D eigenvalue weighted by atomic mass is 9.97. The minimum Gasteiger partial charge on any atom is -0.355 e. The maximum atomic E-state index is 13.5. The standard InChI is InChI=1S/C14H21FN2O/c1-10(12-6-4-5-7-13(12)15)8-14(18)17-9-11(2)16-3/h4-7,10-11,16H,8-9H2,1-3H3,(H,17,18). The second kappa shape index (κ2) is 7.11. The molecule has 100 valence electrons. The fourth-order valence-electron chi connectivity index (χ4n) is 1.70. The van der Waals surface area contributed by atoms with E-state index in [1.807, 2.05) is 20.9 Å². The summed E-state index contributed by atoms with van der Waals surface area (Å²) in [4.78, 5) is 11.7. The minimum atomic E-state index is -0.249. The molecule has 1 amide bonds. The summed E-state index contributed by atoms with van der Waals surface area (Å²) in [7, 11) is 1.85. The van der Waals surface area contributed by atoms with Crippen LogP contribution in [0.5, 0.6) is 0 Å². The number of benzene rings is 1. The first kappa shape index (κ1) is 14.6. The molecule has 4 heteroatoms. The number of likely N-dealkylation sites (N-methyl/N-ethyl adjacent to an activating group) is 1. The predicted octanol–water partition coefficient (Wildman–Crippen LogP) is 2.04. The molecule has 18 heavy (non-hydrogen) atoms. The molecule has 3 nitrogen and oxygen atoms in total. The van der Waals surface area contributed by atoms with Crippen LogP contribution < -0.4 is 10.6 Å². The van der Waals surface area contributed by atoms with E-state index >= 15 is 0 Å². The average molecular weight is 252 g/mol. The zero-order chi connectivity index (χ0) is 13.5. The molecule has 0 heterocycles. The SMILES string of the molecule is CNC(C)CNC(=O)CC(C)c1ccccc1F. The van der Waals surface area contributed by atoms with Crippen molar-refractivity contribution in [3.63, 3.8) is 0 Å². The van der Waals surface area contributed by atoms with Crippen molar-refractivity contribution in [2.75, 3.05) is 13.6 Å². The van der Waals surface area contributed by atoms with Crippen LogP contribution in [0.25, 0.3) is 0 Å². The molecule has 0 saturated heterocycles. The second-order valence-corrected chi connectivity index (χ2v) is 4.62. The van der Waals surface area contributed by atoms with Crippen LogP contribution in [0, 0.1) is 5.82 Å². The average Bonchev–Trinajstić information content (AvgIpc) is 2.36. The van der Waals surface area contributed by atoms with E-state index in [1.54, 1.807) is 18.2 Å². The number of nitrogens with one attached hydrogen (secondary N) is 2. The smallest absolute Gasteiger partial charge is 0.220 e. The van der Waals surface area contributed by atoms with Gasteiger partial charge in [0, 0.05) is 19.0 Å². The van der Waals surface area contributed by atoms with E-state index in [0.29, 0.717) is 18.5 Å². The third kappa shape index (κ3) is 4.45. The summed E-state index contributed by atoms with van der Waals surface area (Å²) < 4.78 is 13.5. The van der Waals surface area contributed by atoms with Gasteiger partial charge in [0.1, 0.15) is 5.82 Å². The first-order valence-corrected chi connectivity index (χ1v) is 6.23. The Kier molecular flexibility index (Phi) is 5.78. The summed E-state index contributed by atoms with van der Waals surface area (Å²) in [5.41, 5.74) is 0.592. The van der Waals surface area contributed by atoms with Crippen LogP contribution in [0.4, 0.5) is 4.39 Å². The normalized spacial score (nSPS) is 14.0. The predicted molar refractivity (Wildman–Crippen MR) is 71.0 cm³/mol. The third-order valence-corrected chi connectivity index (χ3v) is 3.03. The van der Waals surface area contributed by atoms with Gasteiger partial charge in [0.05, 0.1) is 0 Å². The molecule has 0 aliphatic heterocycles. The maximum Gasteiger partial charge on any atom is 0.220 e. The van der Waals surface area contributed by atoms with Crippen molar-refractivity contribution in [3.8, 4) is 0 Å². The molecule has 0 bridgehead atoms. The van der Waals surface area contributed by atoms with Crippen LogP contribution in [-0.2, 0) is 4.79 Å². The van der Waals surface area contributed by atoms with Gasteiger partial charge in [-0.1, -0.05) is 25.1 Å². The Morgan fingerprint density at radius 2 is 2.00 bits per heavy atom. The van der Waals surface area contributed by atoms with Gasteiger partial charge in [-0.3, -0.25) is 4.79 Å². The highest BCUT2D eigenvalue weighted by Gasteiger charge is 2.14. The number of hydrogen-bond acceptors (Lipinski definition) is 2. The van der Waals surface area contributed by atoms with Gasteiger partial charge in [-0.15, -0.1) is 0 Å². The van der Waals surface area contributed by atoms with Gasteiger partial charge in [0.15, 0.2) is 0 Å². The number of halogens is 1. The van der Waals surface area contributed by atoms with Gasteiger partial charge in [0.2, 0.25) is 5.91 Å². The van der Waals surface area contributed by atoms with E-state index in [2.05, 4.69) is 10.6 Å². The number of amides is 1. The van der Waals surface area contributed by atoms with Crippen molar-refractivity contribution in [3.05, 3.63) is 35.6 Å². The summed E-state index contributed by atoms with van der Waals surface area (Å²) >= 11 is 0. The summed E-state index contributed by atoms with van der Waals surface area (Å²) in [6, 6.07) is 6.82. The highest BCUT2D eigenvalue weighted by Crippen LogP contribution is 2.21. The van der Waals surface area contributed by atoms with Crippen molar-refractivity contribution < 1.29 is 9.18 Å². The highest BCUT2D eigenvalue weighted by atomic mass is 19.1. The molecule has 2 unspecified atom stereocenters. The number of rotatable bonds is 6. The van der Waals surface area contributed by atoms with Gasteiger partial charge in [0.25, 0.3) is 0 Å². The highest BCUT2D eigenvalue weighted by molar-refractivity contribution is 5.76. The van der Waals surface area contributed by atoms with E-state index in [9.17, 15) is 9.18 Å². The Labute approximate surface area is 108 Å². The largest absolute Gasteiger partial charge is 0.355 e. The molecule has 0 spiro atoms. The van der Waals surface area contributed by atoms with Gasteiger partial charge >= 0.3 is 0 Å². The fraction of sp³-hybridized carbons (Fsp3) is 0.500. The summed E-state index contributed by atoms with van der Waals surface area (Å²) in [6.07, 6.45) is 0.303. The first-order chi connectivity index (χ1) is 8.54. The maximum absolute atomic E-state index is 13.5. The van der Waals surface area contributed by atoms with E-state index in [4.69, 9.17) is 0 Å². The van der Waals surface area contributed by atoms with E-state index < -0.39 is 0 Å². The molecule has 0 saturated carbocycles. The molecule has 0 aliphatic rings. The molecule has 0 aromatic heterocycles. The molecule has 0 radical (unpaired) electrons. The van der Waals surface area contributed by atoms with E-state index in [0.717, 1.165) is 0 Å². The molecular formula is C14H21FN2O. The van der Waals surface area contributed by atoms with E-state index in [-0.39, 0.29) is 23.7 Å². The van der Waals surface area contributed by atoms with Crippen molar-refractivity contribution in [2.45, 2.75) is 32.2 Å². The van der Waals surface area contributed by atoms with Gasteiger partial charge < -0.3 is 10.6 Å². The summed E-state index contributed by atoms with van der Waals surface area (Å²) in [5.74, 6) is -0.412. The fourth-order valence-corrected chi connectivity index (χ4v) is 1.70. The van der Waals surface area contributed by atoms with Crippen molar-refractivity contribution in [1.29, 1.82) is 0 Å². The molecule has 2 atom stereocenters. The Balaban J connectivity index is 2.47. The molecular weight excluding hydrogens is 231 g/mol. The van der Waals surface area contributed by atoms with Crippen LogP contribution >= 0.6 is 0 Å². The van der Waals surface area contributed by atoms with Crippen molar-refractivity contribution >= 4 is 5.91 Å². The Morgan fingerprint density at radius 3 is 2.61 bits per heavy atom. The van der Waals surface area contributed by atoms with Crippen molar-refractivity contribution in [1.82, 2.24) is 10.6 Å². The Bertz CT molecular complexity index is 395. The van der Waals surface area contributed by atoms with Gasteiger partial charge in [-0.05, 0) is 31.5 Å². The van der Waals surface area contributed by atoms with Crippen LogP contribution in [0.2, 0.25) is 0 Å². The molecule has 1 rings (SSSR count). The summed E-state index contributed by atoms with van der Waals surface area (Å²) in [6.45, 7) is 4.43. The van der Waals surface area contributed by atoms with Gasteiger partial charge in [-0.2, -0.15) is 0 Å². The Hall–Kier alpha value is -1.42. The zero-order valence-electron chi connectivity index (χ0n) is 11.2. The van der Waals surface area contributed by atoms with Crippen LogP contribution in [0.3, 0.4) is 0 Å². The topological polar surface area (TPSA) is 41.1 Å². The molecule has 1 aromatic rings. The second-order valence-electron chi connectivity index (χ2n) is 4.62. The Morgan fingerprint density at radius 1 is 1.33 bits per heavy atom. The number of hydrogen-bond donors (Lipinski definition) is 2. The third-order valence-electron chi connectivity index (χ3n) is 3.03. The lowest BCUT2D eigenvalue weighted by Gasteiger charge is -2.15. The minimum absolute atomic E-state index is 0.0483. The number of carbonyl (C=O) groups is 1. The van der Waals surface area contributed by atoms with Crippen molar-refractivity contribution in [2.24, 2.45) is 0 Å². The zero-order valence-corrected chi connectivity index (χ0v) is 11.2. The first-order valence-electron chi connectivity index (χ1n) is 6.23. The molecule has 2 N–H and O–H groups in total. The molecule has 0 fully saturated rings. The van der Waals surface area contributed by atoms with Crippen LogP contribution in [0.15, 0.2) is 24.3 Å². The van der Waals surface area contributed by atoms with E-state index in [1.165, 1.54) is 6.07 Å². The quantitative estimate of drug-likeness (QED) is 0.813. The summed E-state index contributed by atoms with van der Waals surface area (Å²) in [5, 5.41) is 5.87. The lowest BCUT2D eigenvalue weighted by molar-refractivity contribution is -0.121. The van der Waals surface area contributed by atoms with Crippen LogP contribution in [0.1, 0.15) is 31.7 Å². The number of carbonyl (C=O) groups excluding carboxylic acids is 1. The van der Waals surface area contributed by atoms with Gasteiger partial charge in [-0.25, -0.2) is 4.39 Å². The molecule has 1 aromatic carbocycles. The lowest BCUT2D eigenvalue weighted by Crippen LogP contribution is -2.37. The van der Waals surface area contributed by atoms with Crippen LogP contribution in [-0.4, -0.2) is 25.5 Å².